The highest BCUT2D eigenvalue weighted by atomic mass is 35.5. The first-order valence-corrected chi connectivity index (χ1v) is 7.49. The SMILES string of the molecule is NC1(CC(=O)Cc2cc(Cl)ccc2Cl)CCCCC1. The first-order valence-electron chi connectivity index (χ1n) is 6.73. The Balaban J connectivity index is 1.99. The lowest BCUT2D eigenvalue weighted by molar-refractivity contribution is -0.119. The Kier molecular flexibility index (Phi) is 4.88. The van der Waals surface area contributed by atoms with Crippen LogP contribution in [-0.2, 0) is 11.2 Å². The first kappa shape index (κ1) is 14.8. The molecule has 1 aromatic carbocycles. The minimum atomic E-state index is -0.305. The predicted molar refractivity (Wildman–Crippen MR) is 79.8 cm³/mol. The quantitative estimate of drug-likeness (QED) is 0.907. The Bertz CT molecular complexity index is 467. The van der Waals surface area contributed by atoms with Crippen molar-refractivity contribution in [2.75, 3.05) is 0 Å². The molecular weight excluding hydrogens is 281 g/mol. The summed E-state index contributed by atoms with van der Waals surface area (Å²) in [6.45, 7) is 0. The molecule has 1 fully saturated rings. The fourth-order valence-electron chi connectivity index (χ4n) is 2.78. The highest BCUT2D eigenvalue weighted by Gasteiger charge is 2.29. The highest BCUT2D eigenvalue weighted by Crippen LogP contribution is 2.30. The van der Waals surface area contributed by atoms with E-state index in [1.807, 2.05) is 0 Å². The molecule has 0 saturated heterocycles. The van der Waals surface area contributed by atoms with Crippen LogP contribution in [0.3, 0.4) is 0 Å². The van der Waals surface area contributed by atoms with Crippen molar-refractivity contribution in [3.8, 4) is 0 Å². The minimum Gasteiger partial charge on any atom is -0.325 e. The molecule has 1 aromatic rings. The zero-order chi connectivity index (χ0) is 13.9. The van der Waals surface area contributed by atoms with Gasteiger partial charge in [0, 0.05) is 28.4 Å². The molecule has 2 rings (SSSR count). The molecule has 0 aliphatic heterocycles. The largest absolute Gasteiger partial charge is 0.325 e. The van der Waals surface area contributed by atoms with Crippen LogP contribution in [0, 0.1) is 0 Å². The van der Waals surface area contributed by atoms with Gasteiger partial charge in [-0.3, -0.25) is 4.79 Å². The second-order valence-corrected chi connectivity index (χ2v) is 6.39. The monoisotopic (exact) mass is 299 g/mol. The van der Waals surface area contributed by atoms with E-state index in [1.165, 1.54) is 6.42 Å². The van der Waals surface area contributed by atoms with E-state index in [0.717, 1.165) is 31.2 Å². The Hall–Kier alpha value is -0.570. The molecule has 2 N–H and O–H groups in total. The molecule has 2 nitrogen and oxygen atoms in total. The third kappa shape index (κ3) is 4.20. The molecule has 4 heteroatoms. The summed E-state index contributed by atoms with van der Waals surface area (Å²) in [5.74, 6) is 0.147. The van der Waals surface area contributed by atoms with Gasteiger partial charge in [-0.15, -0.1) is 0 Å². The lowest BCUT2D eigenvalue weighted by atomic mass is 9.78. The number of carbonyl (C=O) groups is 1. The highest BCUT2D eigenvalue weighted by molar-refractivity contribution is 6.33. The number of ketones is 1. The van der Waals surface area contributed by atoms with E-state index >= 15 is 0 Å². The normalized spacial score (nSPS) is 18.3. The van der Waals surface area contributed by atoms with Gasteiger partial charge in [-0.1, -0.05) is 42.5 Å². The maximum Gasteiger partial charge on any atom is 0.139 e. The lowest BCUT2D eigenvalue weighted by Gasteiger charge is -2.32. The molecule has 0 amide bonds. The molecule has 0 heterocycles. The van der Waals surface area contributed by atoms with Crippen LogP contribution in [0.4, 0.5) is 0 Å². The van der Waals surface area contributed by atoms with E-state index in [4.69, 9.17) is 28.9 Å². The first-order chi connectivity index (χ1) is 8.98. The number of nitrogens with two attached hydrogens (primary N) is 1. The summed E-state index contributed by atoms with van der Waals surface area (Å²) in [5.41, 5.74) is 6.79. The fraction of sp³-hybridized carbons (Fsp3) is 0.533. The second-order valence-electron chi connectivity index (χ2n) is 5.55. The molecule has 0 radical (unpaired) electrons. The van der Waals surface area contributed by atoms with Gasteiger partial charge in [-0.2, -0.15) is 0 Å². The van der Waals surface area contributed by atoms with Gasteiger partial charge < -0.3 is 5.73 Å². The minimum absolute atomic E-state index is 0.147. The van der Waals surface area contributed by atoms with Gasteiger partial charge >= 0.3 is 0 Å². The van der Waals surface area contributed by atoms with Gasteiger partial charge in [0.1, 0.15) is 5.78 Å². The summed E-state index contributed by atoms with van der Waals surface area (Å²) in [6, 6.07) is 5.21. The molecule has 104 valence electrons. The number of rotatable bonds is 4. The van der Waals surface area contributed by atoms with Crippen molar-refractivity contribution in [2.24, 2.45) is 5.73 Å². The summed E-state index contributed by atoms with van der Waals surface area (Å²) in [7, 11) is 0. The van der Waals surface area contributed by atoms with E-state index in [2.05, 4.69) is 0 Å². The van der Waals surface area contributed by atoms with Gasteiger partial charge in [0.05, 0.1) is 0 Å². The summed E-state index contributed by atoms with van der Waals surface area (Å²) in [4.78, 5) is 12.2. The Labute approximate surface area is 124 Å². The van der Waals surface area contributed by atoms with E-state index < -0.39 is 0 Å². The van der Waals surface area contributed by atoms with E-state index in [0.29, 0.717) is 22.9 Å². The average molecular weight is 300 g/mol. The van der Waals surface area contributed by atoms with Crippen LogP contribution in [0.5, 0.6) is 0 Å². The van der Waals surface area contributed by atoms with Gasteiger partial charge in [-0.05, 0) is 36.6 Å². The third-order valence-electron chi connectivity index (χ3n) is 3.79. The number of hydrogen-bond acceptors (Lipinski definition) is 2. The molecule has 0 spiro atoms. The molecule has 1 aliphatic rings. The predicted octanol–water partition coefficient (Wildman–Crippen LogP) is 4.16. The molecule has 0 bridgehead atoms. The lowest BCUT2D eigenvalue weighted by Crippen LogP contribution is -2.43. The van der Waals surface area contributed by atoms with Crippen LogP contribution < -0.4 is 5.73 Å². The maximum absolute atomic E-state index is 12.2. The van der Waals surface area contributed by atoms with Crippen LogP contribution in [0.25, 0.3) is 0 Å². The van der Waals surface area contributed by atoms with Gasteiger partial charge in [0.15, 0.2) is 0 Å². The van der Waals surface area contributed by atoms with Crippen LogP contribution in [0.2, 0.25) is 10.0 Å². The fourth-order valence-corrected chi connectivity index (χ4v) is 3.16. The number of halogens is 2. The van der Waals surface area contributed by atoms with E-state index in [-0.39, 0.29) is 11.3 Å². The van der Waals surface area contributed by atoms with Crippen molar-refractivity contribution in [2.45, 2.75) is 50.5 Å². The molecule has 1 saturated carbocycles. The van der Waals surface area contributed by atoms with Crippen molar-refractivity contribution in [3.63, 3.8) is 0 Å². The van der Waals surface area contributed by atoms with Crippen LogP contribution in [0.15, 0.2) is 18.2 Å². The third-order valence-corrected chi connectivity index (χ3v) is 4.40. The van der Waals surface area contributed by atoms with Gasteiger partial charge in [0.25, 0.3) is 0 Å². The van der Waals surface area contributed by atoms with Crippen LogP contribution in [0.1, 0.15) is 44.1 Å². The summed E-state index contributed by atoms with van der Waals surface area (Å²) >= 11 is 12.0. The zero-order valence-corrected chi connectivity index (χ0v) is 12.4. The van der Waals surface area contributed by atoms with Crippen LogP contribution >= 0.6 is 23.2 Å². The van der Waals surface area contributed by atoms with E-state index in [9.17, 15) is 4.79 Å². The molecular formula is C15H19Cl2NO. The molecule has 0 aromatic heterocycles. The molecule has 19 heavy (non-hydrogen) atoms. The van der Waals surface area contributed by atoms with E-state index in [1.54, 1.807) is 18.2 Å². The van der Waals surface area contributed by atoms with Gasteiger partial charge in [0.2, 0.25) is 0 Å². The topological polar surface area (TPSA) is 43.1 Å². The summed E-state index contributed by atoms with van der Waals surface area (Å²) in [6.07, 6.45) is 6.13. The summed E-state index contributed by atoms with van der Waals surface area (Å²) in [5, 5.41) is 1.19. The smallest absolute Gasteiger partial charge is 0.139 e. The number of benzene rings is 1. The molecule has 0 atom stereocenters. The van der Waals surface area contributed by atoms with Crippen molar-refractivity contribution in [1.82, 2.24) is 0 Å². The van der Waals surface area contributed by atoms with Gasteiger partial charge in [-0.25, -0.2) is 0 Å². The Morgan fingerprint density at radius 1 is 1.21 bits per heavy atom. The maximum atomic E-state index is 12.2. The van der Waals surface area contributed by atoms with Crippen molar-refractivity contribution < 1.29 is 4.79 Å². The number of Topliss-reactive ketones (excluding diaryl/α,β-unsaturated/α-hetero) is 1. The second kappa shape index (κ2) is 6.25. The summed E-state index contributed by atoms with van der Waals surface area (Å²) < 4.78 is 0. The van der Waals surface area contributed by atoms with Crippen molar-refractivity contribution in [1.29, 1.82) is 0 Å². The number of carbonyl (C=O) groups excluding carboxylic acids is 1. The van der Waals surface area contributed by atoms with Crippen LogP contribution in [-0.4, -0.2) is 11.3 Å². The number of hydrogen-bond donors (Lipinski definition) is 1. The average Bonchev–Trinajstić information content (AvgIpc) is 2.34. The Morgan fingerprint density at radius 2 is 1.89 bits per heavy atom. The molecule has 1 aliphatic carbocycles. The Morgan fingerprint density at radius 3 is 2.58 bits per heavy atom. The molecule has 0 unspecified atom stereocenters. The van der Waals surface area contributed by atoms with Crippen molar-refractivity contribution in [3.05, 3.63) is 33.8 Å². The standard InChI is InChI=1S/C15H19Cl2NO/c16-12-4-5-14(17)11(8-12)9-13(19)10-15(18)6-2-1-3-7-15/h4-5,8H,1-3,6-7,9-10,18H2. The van der Waals surface area contributed by atoms with Crippen molar-refractivity contribution >= 4 is 29.0 Å². The zero-order valence-electron chi connectivity index (χ0n) is 10.9.